The maximum Gasteiger partial charge on any atom is 0.242 e. The summed E-state index contributed by atoms with van der Waals surface area (Å²) >= 11 is 0. The maximum absolute atomic E-state index is 11.8. The highest BCUT2D eigenvalue weighted by molar-refractivity contribution is 5.92. The van der Waals surface area contributed by atoms with Crippen molar-refractivity contribution in [2.75, 3.05) is 26.7 Å². The fourth-order valence-corrected chi connectivity index (χ4v) is 2.22. The van der Waals surface area contributed by atoms with E-state index in [1.165, 1.54) is 15.4 Å². The van der Waals surface area contributed by atoms with Crippen molar-refractivity contribution in [1.29, 1.82) is 0 Å². The predicted octanol–water partition coefficient (Wildman–Crippen LogP) is 0.583. The predicted molar refractivity (Wildman–Crippen MR) is 75.0 cm³/mol. The molecule has 1 atom stereocenters. The largest absolute Gasteiger partial charge is 0.387 e. The fourth-order valence-electron chi connectivity index (χ4n) is 2.22. The lowest BCUT2D eigenvalue weighted by molar-refractivity contribution is -0.150. The van der Waals surface area contributed by atoms with Crippen LogP contribution >= 0.6 is 0 Å². The lowest BCUT2D eigenvalue weighted by atomic mass is 10.1. The molecule has 1 N–H and O–H groups in total. The number of aliphatic hydroxyl groups excluding tert-OH is 1. The van der Waals surface area contributed by atoms with E-state index in [0.29, 0.717) is 0 Å². The lowest BCUT2D eigenvalue weighted by Gasteiger charge is -2.32. The number of likely N-dealkylation sites (N-methyl/N-ethyl adjacent to an activating group) is 1. The molecule has 5 nitrogen and oxygen atoms in total. The molecule has 0 spiro atoms. The van der Waals surface area contributed by atoms with Crippen LogP contribution in [0.15, 0.2) is 24.3 Å². The van der Waals surface area contributed by atoms with Gasteiger partial charge in [-0.1, -0.05) is 31.2 Å². The molecule has 5 heteroatoms. The molecule has 0 radical (unpaired) electrons. The summed E-state index contributed by atoms with van der Waals surface area (Å²) in [6.07, 6.45) is 0.183. The molecule has 1 aromatic carbocycles. The molecule has 2 rings (SSSR count). The van der Waals surface area contributed by atoms with Crippen molar-refractivity contribution >= 4 is 11.8 Å². The van der Waals surface area contributed by atoms with E-state index in [1.807, 2.05) is 24.3 Å². The van der Waals surface area contributed by atoms with Gasteiger partial charge >= 0.3 is 0 Å². The van der Waals surface area contributed by atoms with E-state index in [9.17, 15) is 14.7 Å². The Morgan fingerprint density at radius 2 is 1.80 bits per heavy atom. The van der Waals surface area contributed by atoms with E-state index in [2.05, 4.69) is 6.92 Å². The van der Waals surface area contributed by atoms with Crippen LogP contribution in [0.3, 0.4) is 0 Å². The van der Waals surface area contributed by atoms with E-state index < -0.39 is 6.10 Å². The highest BCUT2D eigenvalue weighted by Gasteiger charge is 2.28. The van der Waals surface area contributed by atoms with Crippen molar-refractivity contribution in [3.05, 3.63) is 35.4 Å². The molecule has 0 aliphatic carbocycles. The van der Waals surface area contributed by atoms with Crippen LogP contribution in [0.5, 0.6) is 0 Å². The topological polar surface area (TPSA) is 60.9 Å². The number of hydrogen-bond donors (Lipinski definition) is 1. The molecule has 0 aromatic heterocycles. The quantitative estimate of drug-likeness (QED) is 0.875. The van der Waals surface area contributed by atoms with Crippen LogP contribution < -0.4 is 0 Å². The highest BCUT2D eigenvalue weighted by Crippen LogP contribution is 2.17. The van der Waals surface area contributed by atoms with E-state index >= 15 is 0 Å². The van der Waals surface area contributed by atoms with Crippen LogP contribution in [0.2, 0.25) is 0 Å². The Kier molecular flexibility index (Phi) is 4.39. The molecule has 1 heterocycles. The Balaban J connectivity index is 2.01. The lowest BCUT2D eigenvalue weighted by Crippen LogP contribution is -2.53. The summed E-state index contributed by atoms with van der Waals surface area (Å²) in [6.45, 7) is 2.35. The van der Waals surface area contributed by atoms with Crippen LogP contribution in [0.25, 0.3) is 0 Å². The van der Waals surface area contributed by atoms with Gasteiger partial charge in [-0.05, 0) is 17.5 Å². The van der Waals surface area contributed by atoms with Crippen LogP contribution in [0.4, 0.5) is 0 Å². The summed E-state index contributed by atoms with van der Waals surface area (Å²) in [7, 11) is 1.61. The fraction of sp³-hybridized carbons (Fsp3) is 0.467. The first-order valence-electron chi connectivity index (χ1n) is 6.80. The number of aryl methyl sites for hydroxylation is 1. The molecule has 1 fully saturated rings. The number of aliphatic hydroxyl groups is 1. The van der Waals surface area contributed by atoms with Gasteiger partial charge in [0.15, 0.2) is 0 Å². The third-order valence-electron chi connectivity index (χ3n) is 3.64. The second kappa shape index (κ2) is 6.05. The van der Waals surface area contributed by atoms with Crippen molar-refractivity contribution in [3.8, 4) is 0 Å². The first-order valence-corrected chi connectivity index (χ1v) is 6.80. The van der Waals surface area contributed by atoms with Gasteiger partial charge in [-0.2, -0.15) is 0 Å². The van der Waals surface area contributed by atoms with Crippen molar-refractivity contribution in [1.82, 2.24) is 9.80 Å². The number of piperazine rings is 1. The zero-order valence-electron chi connectivity index (χ0n) is 11.9. The minimum atomic E-state index is -0.763. The molecule has 20 heavy (non-hydrogen) atoms. The molecule has 0 saturated carbocycles. The highest BCUT2D eigenvalue weighted by atomic mass is 16.3. The Labute approximate surface area is 118 Å². The van der Waals surface area contributed by atoms with Gasteiger partial charge in [0.05, 0.1) is 25.7 Å². The summed E-state index contributed by atoms with van der Waals surface area (Å²) in [5.74, 6) is -0.227. The van der Waals surface area contributed by atoms with Crippen molar-refractivity contribution in [2.24, 2.45) is 0 Å². The molecule has 1 aromatic rings. The second-order valence-electron chi connectivity index (χ2n) is 5.13. The van der Waals surface area contributed by atoms with Gasteiger partial charge in [-0.25, -0.2) is 0 Å². The van der Waals surface area contributed by atoms with Crippen molar-refractivity contribution in [3.63, 3.8) is 0 Å². The Morgan fingerprint density at radius 1 is 1.15 bits per heavy atom. The van der Waals surface area contributed by atoms with E-state index in [1.54, 1.807) is 7.05 Å². The third kappa shape index (κ3) is 3.17. The summed E-state index contributed by atoms with van der Waals surface area (Å²) in [6, 6.07) is 7.67. The smallest absolute Gasteiger partial charge is 0.242 e. The standard InChI is InChI=1S/C15H20N2O3/c1-3-11-4-6-12(7-5-11)13(18)8-17-10-14(19)16(2)9-15(17)20/h4-7,13,18H,3,8-10H2,1-2H3. The summed E-state index contributed by atoms with van der Waals surface area (Å²) in [5.41, 5.74) is 1.97. The van der Waals surface area contributed by atoms with Crippen LogP contribution in [-0.4, -0.2) is 53.4 Å². The van der Waals surface area contributed by atoms with Gasteiger partial charge in [-0.3, -0.25) is 9.59 Å². The number of carbonyl (C=O) groups is 2. The third-order valence-corrected chi connectivity index (χ3v) is 3.64. The van der Waals surface area contributed by atoms with E-state index in [0.717, 1.165) is 12.0 Å². The average molecular weight is 276 g/mol. The van der Waals surface area contributed by atoms with Crippen LogP contribution in [0.1, 0.15) is 24.2 Å². The minimum Gasteiger partial charge on any atom is -0.387 e. The van der Waals surface area contributed by atoms with Crippen molar-refractivity contribution in [2.45, 2.75) is 19.4 Å². The van der Waals surface area contributed by atoms with Gasteiger partial charge in [0.2, 0.25) is 11.8 Å². The number of hydrogen-bond acceptors (Lipinski definition) is 3. The van der Waals surface area contributed by atoms with E-state index in [4.69, 9.17) is 0 Å². The molecule has 1 aliphatic rings. The van der Waals surface area contributed by atoms with Crippen LogP contribution in [-0.2, 0) is 16.0 Å². The van der Waals surface area contributed by atoms with Gasteiger partial charge in [0.1, 0.15) is 0 Å². The Hall–Kier alpha value is -1.88. The SMILES string of the molecule is CCc1ccc(C(O)CN2CC(=O)N(C)CC2=O)cc1. The second-order valence-corrected chi connectivity index (χ2v) is 5.13. The zero-order valence-corrected chi connectivity index (χ0v) is 11.9. The Bertz CT molecular complexity index is 498. The normalized spacial score (nSPS) is 17.6. The molecular weight excluding hydrogens is 256 g/mol. The molecular formula is C15H20N2O3. The number of nitrogens with zero attached hydrogens (tertiary/aromatic N) is 2. The Morgan fingerprint density at radius 3 is 2.40 bits per heavy atom. The summed E-state index contributed by atoms with van der Waals surface area (Å²) in [5, 5.41) is 10.2. The molecule has 1 unspecified atom stereocenters. The molecule has 0 bridgehead atoms. The van der Waals surface area contributed by atoms with Gasteiger partial charge < -0.3 is 14.9 Å². The zero-order chi connectivity index (χ0) is 14.7. The molecule has 1 saturated heterocycles. The number of β-amino-alcohol motifs (C(OH)–C–C–N with tert-alkyl or cyclic N) is 1. The van der Waals surface area contributed by atoms with Gasteiger partial charge in [0.25, 0.3) is 0 Å². The molecule has 108 valence electrons. The number of benzene rings is 1. The average Bonchev–Trinajstić information content (AvgIpc) is 2.44. The number of amides is 2. The first kappa shape index (κ1) is 14.5. The first-order chi connectivity index (χ1) is 9.51. The van der Waals surface area contributed by atoms with E-state index in [-0.39, 0.29) is 31.4 Å². The number of carbonyl (C=O) groups excluding carboxylic acids is 2. The minimum absolute atomic E-state index is 0.0411. The van der Waals surface area contributed by atoms with Gasteiger partial charge in [0, 0.05) is 7.05 Å². The molecule has 2 amide bonds. The monoisotopic (exact) mass is 276 g/mol. The molecule has 1 aliphatic heterocycles. The van der Waals surface area contributed by atoms with Crippen LogP contribution in [0, 0.1) is 0 Å². The summed E-state index contributed by atoms with van der Waals surface area (Å²) < 4.78 is 0. The van der Waals surface area contributed by atoms with Gasteiger partial charge in [-0.15, -0.1) is 0 Å². The maximum atomic E-state index is 11.8. The van der Waals surface area contributed by atoms with Crippen molar-refractivity contribution < 1.29 is 14.7 Å². The number of rotatable bonds is 4. The summed E-state index contributed by atoms with van der Waals surface area (Å²) in [4.78, 5) is 26.3.